The third-order valence-electron chi connectivity index (χ3n) is 3.54. The Morgan fingerprint density at radius 2 is 2.04 bits per heavy atom. The van der Waals surface area contributed by atoms with Gasteiger partial charge in [0, 0.05) is 12.1 Å². The maximum atomic E-state index is 12.5. The summed E-state index contributed by atoms with van der Waals surface area (Å²) in [5, 5.41) is 11.0. The van der Waals surface area contributed by atoms with Gasteiger partial charge in [0.25, 0.3) is 5.56 Å². The number of ether oxygens (including phenoxy) is 1. The van der Waals surface area contributed by atoms with E-state index < -0.39 is 0 Å². The topological polar surface area (TPSA) is 90.5 Å². The van der Waals surface area contributed by atoms with E-state index in [1.807, 2.05) is 31.2 Å². The molecule has 2 aromatic heterocycles. The Bertz CT molecular complexity index is 927. The van der Waals surface area contributed by atoms with Crippen LogP contribution in [0, 0.1) is 0 Å². The number of aromatic nitrogens is 4. The van der Waals surface area contributed by atoms with Crippen LogP contribution in [0.2, 0.25) is 0 Å². The van der Waals surface area contributed by atoms with Crippen LogP contribution in [0.15, 0.2) is 41.5 Å². The Hall–Kier alpha value is -3.16. The molecule has 0 spiro atoms. The van der Waals surface area contributed by atoms with Gasteiger partial charge in [-0.25, -0.2) is 9.20 Å². The molecule has 0 atom stereocenters. The SMILES string of the molecule is CCNC(=O)Cn1ncn2nc(-c3ccc(OC)cc3)cc2c1=O. The van der Waals surface area contributed by atoms with Crippen LogP contribution in [-0.4, -0.2) is 39.0 Å². The molecule has 3 aromatic rings. The van der Waals surface area contributed by atoms with Crippen LogP contribution >= 0.6 is 0 Å². The second-order valence-corrected chi connectivity index (χ2v) is 5.14. The predicted molar refractivity (Wildman–Crippen MR) is 87.9 cm³/mol. The second kappa shape index (κ2) is 6.53. The molecule has 124 valence electrons. The minimum absolute atomic E-state index is 0.119. The molecule has 0 fully saturated rings. The molecule has 3 rings (SSSR count). The molecule has 1 N–H and O–H groups in total. The molecule has 0 aliphatic carbocycles. The smallest absolute Gasteiger partial charge is 0.293 e. The van der Waals surface area contributed by atoms with Gasteiger partial charge in [-0.3, -0.25) is 9.59 Å². The molecule has 0 radical (unpaired) electrons. The van der Waals surface area contributed by atoms with E-state index in [4.69, 9.17) is 4.74 Å². The summed E-state index contributed by atoms with van der Waals surface area (Å²) < 4.78 is 7.67. The van der Waals surface area contributed by atoms with E-state index in [1.54, 1.807) is 13.2 Å². The van der Waals surface area contributed by atoms with Crippen molar-refractivity contribution in [3.05, 3.63) is 47.0 Å². The Kier molecular flexibility index (Phi) is 4.28. The van der Waals surface area contributed by atoms with Crippen molar-refractivity contribution in [2.45, 2.75) is 13.5 Å². The highest BCUT2D eigenvalue weighted by Crippen LogP contribution is 2.21. The zero-order valence-electron chi connectivity index (χ0n) is 13.4. The molecule has 0 bridgehead atoms. The first kappa shape index (κ1) is 15.7. The third kappa shape index (κ3) is 2.98. The molecular weight excluding hydrogens is 310 g/mol. The maximum Gasteiger partial charge on any atom is 0.293 e. The summed E-state index contributed by atoms with van der Waals surface area (Å²) in [6.07, 6.45) is 1.42. The van der Waals surface area contributed by atoms with Crippen molar-refractivity contribution in [2.75, 3.05) is 13.7 Å². The molecule has 1 aromatic carbocycles. The van der Waals surface area contributed by atoms with Gasteiger partial charge in [0.15, 0.2) is 0 Å². The Morgan fingerprint density at radius 3 is 2.71 bits per heavy atom. The summed E-state index contributed by atoms with van der Waals surface area (Å²) in [5.74, 6) is 0.486. The highest BCUT2D eigenvalue weighted by Gasteiger charge is 2.12. The molecule has 0 saturated carbocycles. The zero-order valence-corrected chi connectivity index (χ0v) is 13.4. The fraction of sp³-hybridized carbons (Fsp3) is 0.250. The Labute approximate surface area is 137 Å². The lowest BCUT2D eigenvalue weighted by molar-refractivity contribution is -0.121. The average molecular weight is 327 g/mol. The van der Waals surface area contributed by atoms with Crippen molar-refractivity contribution in [3.8, 4) is 17.0 Å². The lowest BCUT2D eigenvalue weighted by Gasteiger charge is -2.04. The van der Waals surface area contributed by atoms with Gasteiger partial charge in [0.1, 0.15) is 24.1 Å². The van der Waals surface area contributed by atoms with Crippen LogP contribution in [0.1, 0.15) is 6.92 Å². The molecular formula is C16H17N5O3. The summed E-state index contributed by atoms with van der Waals surface area (Å²) in [6.45, 7) is 2.20. The number of carbonyl (C=O) groups excluding carboxylic acids is 1. The molecule has 0 saturated heterocycles. The molecule has 0 aliphatic heterocycles. The highest BCUT2D eigenvalue weighted by molar-refractivity contribution is 5.75. The normalized spacial score (nSPS) is 10.8. The van der Waals surface area contributed by atoms with E-state index in [9.17, 15) is 9.59 Å². The van der Waals surface area contributed by atoms with Crippen LogP contribution in [0.25, 0.3) is 16.8 Å². The Balaban J connectivity index is 1.97. The number of likely N-dealkylation sites (N-methyl/N-ethyl adjacent to an activating group) is 1. The van der Waals surface area contributed by atoms with Crippen molar-refractivity contribution in [1.29, 1.82) is 0 Å². The number of nitrogens with zero attached hydrogens (tertiary/aromatic N) is 4. The van der Waals surface area contributed by atoms with E-state index in [0.29, 0.717) is 17.8 Å². The number of fused-ring (bicyclic) bond motifs is 1. The number of hydrogen-bond donors (Lipinski definition) is 1. The Morgan fingerprint density at radius 1 is 1.29 bits per heavy atom. The van der Waals surface area contributed by atoms with E-state index >= 15 is 0 Å². The number of amides is 1. The molecule has 8 heteroatoms. The van der Waals surface area contributed by atoms with E-state index in [2.05, 4.69) is 15.5 Å². The predicted octanol–water partition coefficient (Wildman–Crippen LogP) is 0.703. The summed E-state index contributed by atoms with van der Waals surface area (Å²) >= 11 is 0. The maximum absolute atomic E-state index is 12.5. The van der Waals surface area contributed by atoms with Crippen LogP contribution in [0.3, 0.4) is 0 Å². The summed E-state index contributed by atoms with van der Waals surface area (Å²) in [5.41, 5.74) is 1.50. The highest BCUT2D eigenvalue weighted by atomic mass is 16.5. The van der Waals surface area contributed by atoms with E-state index in [-0.39, 0.29) is 18.0 Å². The van der Waals surface area contributed by atoms with Gasteiger partial charge >= 0.3 is 0 Å². The molecule has 2 heterocycles. The lowest BCUT2D eigenvalue weighted by atomic mass is 10.1. The van der Waals surface area contributed by atoms with Crippen molar-refractivity contribution < 1.29 is 9.53 Å². The number of benzene rings is 1. The third-order valence-corrected chi connectivity index (χ3v) is 3.54. The first-order valence-electron chi connectivity index (χ1n) is 7.49. The molecule has 24 heavy (non-hydrogen) atoms. The summed E-state index contributed by atoms with van der Waals surface area (Å²) in [6, 6.07) is 9.05. The number of methoxy groups -OCH3 is 1. The molecule has 0 aliphatic rings. The van der Waals surface area contributed by atoms with E-state index in [0.717, 1.165) is 16.0 Å². The van der Waals surface area contributed by atoms with Crippen molar-refractivity contribution in [1.82, 2.24) is 24.7 Å². The standard InChI is InChI=1S/C16H17N5O3/c1-3-17-15(22)9-20-16(23)14-8-13(19-21(14)10-18-20)11-4-6-12(24-2)7-5-11/h4-8,10H,3,9H2,1-2H3,(H,17,22). The monoisotopic (exact) mass is 327 g/mol. The van der Waals surface area contributed by atoms with Gasteiger partial charge in [-0.2, -0.15) is 10.2 Å². The zero-order chi connectivity index (χ0) is 17.1. The molecule has 8 nitrogen and oxygen atoms in total. The summed E-state index contributed by atoms with van der Waals surface area (Å²) in [4.78, 5) is 24.1. The van der Waals surface area contributed by atoms with Gasteiger partial charge in [-0.05, 0) is 37.3 Å². The molecule has 0 unspecified atom stereocenters. The van der Waals surface area contributed by atoms with Crippen LogP contribution < -0.4 is 15.6 Å². The first-order valence-corrected chi connectivity index (χ1v) is 7.49. The lowest BCUT2D eigenvalue weighted by Crippen LogP contribution is -2.34. The van der Waals surface area contributed by atoms with Crippen LogP contribution in [-0.2, 0) is 11.3 Å². The largest absolute Gasteiger partial charge is 0.497 e. The van der Waals surface area contributed by atoms with Crippen molar-refractivity contribution >= 4 is 11.4 Å². The minimum Gasteiger partial charge on any atom is -0.497 e. The second-order valence-electron chi connectivity index (χ2n) is 5.14. The van der Waals surface area contributed by atoms with Gasteiger partial charge in [-0.15, -0.1) is 0 Å². The fourth-order valence-corrected chi connectivity index (χ4v) is 2.34. The number of nitrogens with one attached hydrogen (secondary N) is 1. The fourth-order valence-electron chi connectivity index (χ4n) is 2.34. The quantitative estimate of drug-likeness (QED) is 0.745. The summed E-state index contributed by atoms with van der Waals surface area (Å²) in [7, 11) is 1.60. The average Bonchev–Trinajstić information content (AvgIpc) is 3.03. The van der Waals surface area contributed by atoms with E-state index in [1.165, 1.54) is 10.8 Å². The van der Waals surface area contributed by atoms with Gasteiger partial charge in [0.2, 0.25) is 5.91 Å². The van der Waals surface area contributed by atoms with Crippen LogP contribution in [0.5, 0.6) is 5.75 Å². The first-order chi connectivity index (χ1) is 11.6. The van der Waals surface area contributed by atoms with Crippen molar-refractivity contribution in [2.24, 2.45) is 0 Å². The van der Waals surface area contributed by atoms with Crippen LogP contribution in [0.4, 0.5) is 0 Å². The van der Waals surface area contributed by atoms with Gasteiger partial charge in [0.05, 0.1) is 12.8 Å². The number of carbonyl (C=O) groups is 1. The van der Waals surface area contributed by atoms with Crippen molar-refractivity contribution in [3.63, 3.8) is 0 Å². The number of hydrogen-bond acceptors (Lipinski definition) is 5. The molecule has 1 amide bonds. The number of rotatable bonds is 5. The van der Waals surface area contributed by atoms with Gasteiger partial charge < -0.3 is 10.1 Å². The van der Waals surface area contributed by atoms with Gasteiger partial charge in [-0.1, -0.05) is 0 Å². The minimum atomic E-state index is -0.365.